The second kappa shape index (κ2) is 7.05. The van der Waals surface area contributed by atoms with Crippen LogP contribution >= 0.6 is 0 Å². The van der Waals surface area contributed by atoms with Gasteiger partial charge in [0.15, 0.2) is 23.7 Å². The van der Waals surface area contributed by atoms with Crippen molar-refractivity contribution in [1.82, 2.24) is 0 Å². The fraction of sp³-hybridized carbons (Fsp3) is 0.263. The van der Waals surface area contributed by atoms with Crippen LogP contribution in [0.3, 0.4) is 0 Å². The summed E-state index contributed by atoms with van der Waals surface area (Å²) >= 11 is 0. The maximum absolute atomic E-state index is 12.4. The normalized spacial score (nSPS) is 14.5. The third-order valence-electron chi connectivity index (χ3n) is 4.25. The Hall–Kier alpha value is -3.06. The van der Waals surface area contributed by atoms with Crippen molar-refractivity contribution in [3.8, 4) is 5.75 Å². The Morgan fingerprint density at radius 1 is 1.19 bits per heavy atom. The number of morpholine rings is 1. The van der Waals surface area contributed by atoms with Crippen LogP contribution in [0.1, 0.15) is 5.56 Å². The smallest absolute Gasteiger partial charge is 0.200 e. The minimum absolute atomic E-state index is 0.0882. The van der Waals surface area contributed by atoms with E-state index in [2.05, 4.69) is 0 Å². The van der Waals surface area contributed by atoms with Crippen molar-refractivity contribution in [1.29, 1.82) is 0 Å². The molecule has 3 heterocycles. The minimum Gasteiger partial charge on any atom is -0.619 e. The molecule has 4 rings (SSSR count). The zero-order valence-electron chi connectivity index (χ0n) is 14.1. The van der Waals surface area contributed by atoms with Gasteiger partial charge in [0, 0.05) is 31.3 Å². The molecule has 7 heteroatoms. The van der Waals surface area contributed by atoms with E-state index in [1.54, 1.807) is 24.3 Å². The molecular formula is C19H18N2O5. The first-order valence-corrected chi connectivity index (χ1v) is 8.40. The van der Waals surface area contributed by atoms with E-state index in [1.807, 2.05) is 11.0 Å². The first-order chi connectivity index (χ1) is 12.7. The topological polar surface area (TPSA) is 78.9 Å². The monoisotopic (exact) mass is 354 g/mol. The van der Waals surface area contributed by atoms with Crippen LogP contribution in [0.5, 0.6) is 5.75 Å². The number of hydrogen-bond acceptors (Lipinski definition) is 6. The Kier molecular flexibility index (Phi) is 4.45. The minimum atomic E-state index is -0.0882. The van der Waals surface area contributed by atoms with Crippen LogP contribution in [-0.2, 0) is 11.3 Å². The van der Waals surface area contributed by atoms with Crippen LogP contribution in [0.25, 0.3) is 11.0 Å². The predicted octanol–water partition coefficient (Wildman–Crippen LogP) is 1.84. The molecule has 0 unspecified atom stereocenters. The highest BCUT2D eigenvalue weighted by Gasteiger charge is 2.15. The lowest BCUT2D eigenvalue weighted by molar-refractivity contribution is -0.606. The average molecular weight is 354 g/mol. The van der Waals surface area contributed by atoms with Crippen LogP contribution in [0.2, 0.25) is 0 Å². The van der Waals surface area contributed by atoms with Gasteiger partial charge in [0.1, 0.15) is 17.9 Å². The van der Waals surface area contributed by atoms with Gasteiger partial charge in [0.25, 0.3) is 0 Å². The molecule has 0 atom stereocenters. The fourth-order valence-corrected chi connectivity index (χ4v) is 2.91. The molecule has 0 saturated carbocycles. The molecule has 1 fully saturated rings. The Morgan fingerprint density at radius 3 is 2.85 bits per heavy atom. The van der Waals surface area contributed by atoms with E-state index in [9.17, 15) is 10.0 Å². The summed E-state index contributed by atoms with van der Waals surface area (Å²) in [6.45, 7) is 2.85. The van der Waals surface area contributed by atoms with E-state index in [0.717, 1.165) is 10.3 Å². The molecule has 1 aliphatic heterocycles. The van der Waals surface area contributed by atoms with E-state index < -0.39 is 0 Å². The van der Waals surface area contributed by atoms with E-state index in [0.29, 0.717) is 48.9 Å². The summed E-state index contributed by atoms with van der Waals surface area (Å²) < 4.78 is 17.7. The Labute approximate surface area is 149 Å². The molecule has 2 aromatic heterocycles. The largest absolute Gasteiger partial charge is 0.619 e. The van der Waals surface area contributed by atoms with Gasteiger partial charge in [-0.1, -0.05) is 0 Å². The van der Waals surface area contributed by atoms with Crippen molar-refractivity contribution >= 4 is 16.9 Å². The van der Waals surface area contributed by atoms with E-state index in [4.69, 9.17) is 13.9 Å². The third kappa shape index (κ3) is 3.48. The molecule has 3 aromatic rings. The molecule has 1 aliphatic rings. The highest BCUT2D eigenvalue weighted by molar-refractivity contribution is 5.79. The van der Waals surface area contributed by atoms with Crippen molar-refractivity contribution in [3.63, 3.8) is 0 Å². The van der Waals surface area contributed by atoms with Crippen molar-refractivity contribution in [2.45, 2.75) is 6.61 Å². The summed E-state index contributed by atoms with van der Waals surface area (Å²) in [5, 5.41) is 11.8. The van der Waals surface area contributed by atoms with Gasteiger partial charge in [-0.3, -0.25) is 4.79 Å². The summed E-state index contributed by atoms with van der Waals surface area (Å²) in [6, 6.07) is 10.1. The van der Waals surface area contributed by atoms with Crippen LogP contribution in [0.4, 0.5) is 5.88 Å². The second-order valence-electron chi connectivity index (χ2n) is 6.07. The Balaban J connectivity index is 1.59. The van der Waals surface area contributed by atoms with Crippen molar-refractivity contribution in [2.75, 3.05) is 31.2 Å². The first kappa shape index (κ1) is 16.4. The fourth-order valence-electron chi connectivity index (χ4n) is 2.91. The lowest BCUT2D eigenvalue weighted by Crippen LogP contribution is -2.36. The predicted molar refractivity (Wildman–Crippen MR) is 95.3 cm³/mol. The number of anilines is 1. The van der Waals surface area contributed by atoms with Gasteiger partial charge < -0.3 is 24.0 Å². The van der Waals surface area contributed by atoms with Crippen LogP contribution in [0, 0.1) is 5.21 Å². The SMILES string of the molecule is O=c1cc(N2CCOCC2)oc2cc(OCc3ccc[n+]([O-])c3)ccc12. The zero-order chi connectivity index (χ0) is 17.9. The van der Waals surface area contributed by atoms with E-state index >= 15 is 0 Å². The summed E-state index contributed by atoms with van der Waals surface area (Å²) in [6.07, 6.45) is 2.87. The number of pyridine rings is 1. The van der Waals surface area contributed by atoms with Crippen LogP contribution in [-0.4, -0.2) is 26.3 Å². The molecule has 0 bridgehead atoms. The zero-order valence-corrected chi connectivity index (χ0v) is 14.1. The molecule has 26 heavy (non-hydrogen) atoms. The number of fused-ring (bicyclic) bond motifs is 1. The Morgan fingerprint density at radius 2 is 2.04 bits per heavy atom. The van der Waals surface area contributed by atoms with E-state index in [1.165, 1.54) is 18.5 Å². The van der Waals surface area contributed by atoms with Gasteiger partial charge >= 0.3 is 0 Å². The van der Waals surface area contributed by atoms with Gasteiger partial charge in [-0.2, -0.15) is 4.73 Å². The first-order valence-electron chi connectivity index (χ1n) is 8.40. The van der Waals surface area contributed by atoms with Gasteiger partial charge in [-0.15, -0.1) is 0 Å². The number of rotatable bonds is 4. The number of hydrogen-bond donors (Lipinski definition) is 0. The molecule has 0 spiro atoms. The molecule has 0 amide bonds. The van der Waals surface area contributed by atoms with Gasteiger partial charge in [0.05, 0.1) is 24.2 Å². The maximum atomic E-state index is 12.4. The van der Waals surface area contributed by atoms with E-state index in [-0.39, 0.29) is 12.0 Å². The highest BCUT2D eigenvalue weighted by Crippen LogP contribution is 2.24. The lowest BCUT2D eigenvalue weighted by atomic mass is 10.2. The van der Waals surface area contributed by atoms with Crippen molar-refractivity contribution in [2.24, 2.45) is 0 Å². The van der Waals surface area contributed by atoms with Crippen LogP contribution < -0.4 is 19.8 Å². The van der Waals surface area contributed by atoms with Gasteiger partial charge in [-0.05, 0) is 18.2 Å². The maximum Gasteiger partial charge on any atom is 0.200 e. The number of benzene rings is 1. The van der Waals surface area contributed by atoms with Crippen LogP contribution in [0.15, 0.2) is 58.0 Å². The summed E-state index contributed by atoms with van der Waals surface area (Å²) in [5.74, 6) is 1.11. The molecular weight excluding hydrogens is 336 g/mol. The summed E-state index contributed by atoms with van der Waals surface area (Å²) in [7, 11) is 0. The Bertz CT molecular complexity index is 979. The standard InChI is InChI=1S/C19H18N2O5/c22-17-11-19(20-6-8-24-9-7-20)26-18-10-15(3-4-16(17)18)25-13-14-2-1-5-21(23)12-14/h1-5,10-12H,6-9,13H2. The number of nitrogens with zero attached hydrogens (tertiary/aromatic N) is 2. The molecule has 0 radical (unpaired) electrons. The number of aromatic nitrogens is 1. The summed E-state index contributed by atoms with van der Waals surface area (Å²) in [5.41, 5.74) is 1.14. The second-order valence-corrected chi connectivity index (χ2v) is 6.07. The summed E-state index contributed by atoms with van der Waals surface area (Å²) in [4.78, 5) is 14.4. The third-order valence-corrected chi connectivity index (χ3v) is 4.25. The molecule has 134 valence electrons. The molecule has 0 N–H and O–H groups in total. The van der Waals surface area contributed by atoms with Crippen molar-refractivity contribution in [3.05, 3.63) is 69.8 Å². The average Bonchev–Trinajstić information content (AvgIpc) is 2.67. The number of ether oxygens (including phenoxy) is 2. The quantitative estimate of drug-likeness (QED) is 0.525. The molecule has 1 aromatic carbocycles. The van der Waals surface area contributed by atoms with Crippen molar-refractivity contribution < 1.29 is 18.6 Å². The molecule has 0 aliphatic carbocycles. The highest BCUT2D eigenvalue weighted by atomic mass is 16.5. The van der Waals surface area contributed by atoms with Gasteiger partial charge in [-0.25, -0.2) is 0 Å². The van der Waals surface area contributed by atoms with Gasteiger partial charge in [0.2, 0.25) is 0 Å². The lowest BCUT2D eigenvalue weighted by Gasteiger charge is -2.27. The molecule has 7 nitrogen and oxygen atoms in total. The molecule has 1 saturated heterocycles.